The van der Waals surface area contributed by atoms with Crippen LogP contribution in [-0.4, -0.2) is 52.0 Å². The molecule has 212 valence electrons. The summed E-state index contributed by atoms with van der Waals surface area (Å²) in [6.45, 7) is 3.69. The molecule has 2 aromatic rings. The van der Waals surface area contributed by atoms with Crippen molar-refractivity contribution >= 4 is 19.2 Å². The van der Waals surface area contributed by atoms with E-state index in [1.807, 2.05) is 57.5 Å². The van der Waals surface area contributed by atoms with Gasteiger partial charge in [0.1, 0.15) is 18.9 Å². The molecule has 0 heterocycles. The van der Waals surface area contributed by atoms with Gasteiger partial charge in [0.2, 0.25) is 0 Å². The van der Waals surface area contributed by atoms with Crippen LogP contribution in [0.5, 0.6) is 5.75 Å². The number of benzene rings is 2. The zero-order valence-electron chi connectivity index (χ0n) is 23.6. The number of nitrogens with zero attached hydrogens (tertiary/aromatic N) is 3. The maximum atomic E-state index is 11.8. The lowest BCUT2D eigenvalue weighted by atomic mass is 10.1. The monoisotopic (exact) mass is 547 g/mol. The second kappa shape index (κ2) is 17.5. The maximum Gasteiger partial charge on any atom is 0.268 e. The molecule has 9 heteroatoms. The SMILES string of the molecule is CCCCCCc1ccc(N=Nc2ccc(OCCCCCCOP(=O)([O-])OCC[N+](C)(C)C)cc2)cc1. The number of rotatable bonds is 20. The van der Waals surface area contributed by atoms with E-state index in [0.29, 0.717) is 24.1 Å². The Labute approximate surface area is 229 Å². The molecule has 2 aromatic carbocycles. The average Bonchev–Trinajstić information content (AvgIpc) is 2.87. The molecule has 8 nitrogen and oxygen atoms in total. The number of azo groups is 1. The quantitative estimate of drug-likeness (QED) is 0.0747. The predicted molar refractivity (Wildman–Crippen MR) is 151 cm³/mol. The summed E-state index contributed by atoms with van der Waals surface area (Å²) in [4.78, 5) is 11.8. The van der Waals surface area contributed by atoms with Gasteiger partial charge in [-0.2, -0.15) is 10.2 Å². The minimum absolute atomic E-state index is 0.124. The van der Waals surface area contributed by atoms with Crippen molar-refractivity contribution in [2.45, 2.75) is 64.7 Å². The molecular formula is C29H46N3O5P. The van der Waals surface area contributed by atoms with E-state index in [9.17, 15) is 9.46 Å². The van der Waals surface area contributed by atoms with Gasteiger partial charge in [0.15, 0.2) is 0 Å². The lowest BCUT2D eigenvalue weighted by Crippen LogP contribution is -2.37. The Morgan fingerprint density at radius 1 is 0.737 bits per heavy atom. The first kappa shape index (κ1) is 32.1. The highest BCUT2D eigenvalue weighted by Crippen LogP contribution is 2.38. The molecule has 0 aliphatic heterocycles. The van der Waals surface area contributed by atoms with Crippen molar-refractivity contribution in [2.75, 3.05) is 47.5 Å². The van der Waals surface area contributed by atoms with Gasteiger partial charge >= 0.3 is 0 Å². The summed E-state index contributed by atoms with van der Waals surface area (Å²) in [6.07, 6.45) is 9.53. The number of hydrogen-bond acceptors (Lipinski definition) is 7. The standard InChI is InChI=1S/C29H46N3O5P/c1-5-6-7-10-13-26-14-16-27(17-15-26)30-31-28-18-20-29(21-19-28)35-23-11-8-9-12-24-36-38(33,34)37-25-22-32(2,3)4/h14-21H,5-13,22-25H2,1-4H3. The molecule has 2 rings (SSSR count). The van der Waals surface area contributed by atoms with E-state index in [4.69, 9.17) is 13.8 Å². The molecule has 0 aromatic heterocycles. The molecule has 0 saturated heterocycles. The summed E-state index contributed by atoms with van der Waals surface area (Å²) in [5.41, 5.74) is 2.97. The van der Waals surface area contributed by atoms with E-state index in [1.54, 1.807) is 0 Å². The zero-order valence-corrected chi connectivity index (χ0v) is 24.5. The Bertz CT molecular complexity index is 975. The summed E-state index contributed by atoms with van der Waals surface area (Å²) >= 11 is 0. The molecule has 0 bridgehead atoms. The minimum Gasteiger partial charge on any atom is -0.756 e. The first-order valence-corrected chi connectivity index (χ1v) is 15.3. The molecule has 0 amide bonds. The molecule has 0 fully saturated rings. The highest BCUT2D eigenvalue weighted by molar-refractivity contribution is 7.45. The number of unbranched alkanes of at least 4 members (excludes halogenated alkanes) is 6. The Morgan fingerprint density at radius 2 is 1.29 bits per heavy atom. The van der Waals surface area contributed by atoms with Gasteiger partial charge in [0.25, 0.3) is 7.82 Å². The van der Waals surface area contributed by atoms with Crippen LogP contribution in [0.25, 0.3) is 0 Å². The van der Waals surface area contributed by atoms with E-state index >= 15 is 0 Å². The summed E-state index contributed by atoms with van der Waals surface area (Å²) < 4.78 is 28.0. The van der Waals surface area contributed by atoms with E-state index in [1.165, 1.54) is 31.2 Å². The molecule has 0 aliphatic carbocycles. The molecule has 0 N–H and O–H groups in total. The van der Waals surface area contributed by atoms with Crippen molar-refractivity contribution in [1.29, 1.82) is 0 Å². The Balaban J connectivity index is 1.56. The van der Waals surface area contributed by atoms with Crippen molar-refractivity contribution in [3.05, 3.63) is 54.1 Å². The molecule has 38 heavy (non-hydrogen) atoms. The van der Waals surface area contributed by atoms with Crippen LogP contribution in [0.15, 0.2) is 58.8 Å². The second-order valence-electron chi connectivity index (χ2n) is 10.6. The van der Waals surface area contributed by atoms with Gasteiger partial charge in [-0.15, -0.1) is 0 Å². The zero-order chi connectivity index (χ0) is 27.7. The third-order valence-corrected chi connectivity index (χ3v) is 6.94. The number of likely N-dealkylation sites (N-methyl/N-ethyl adjacent to an activating group) is 1. The number of quaternary nitrogens is 1. The van der Waals surface area contributed by atoms with Gasteiger partial charge in [0, 0.05) is 0 Å². The average molecular weight is 548 g/mol. The highest BCUT2D eigenvalue weighted by Gasteiger charge is 2.13. The Kier molecular flexibility index (Phi) is 14.8. The topological polar surface area (TPSA) is 92.5 Å². The third-order valence-electron chi connectivity index (χ3n) is 5.94. The molecule has 0 spiro atoms. The van der Waals surface area contributed by atoms with E-state index in [-0.39, 0.29) is 13.2 Å². The van der Waals surface area contributed by atoms with E-state index in [0.717, 1.165) is 42.8 Å². The summed E-state index contributed by atoms with van der Waals surface area (Å²) in [5, 5.41) is 8.66. The fourth-order valence-electron chi connectivity index (χ4n) is 3.60. The lowest BCUT2D eigenvalue weighted by molar-refractivity contribution is -0.870. The number of phosphoric acid groups is 1. The second-order valence-corrected chi connectivity index (χ2v) is 12.0. The number of phosphoric ester groups is 1. The normalized spacial score (nSPS) is 13.6. The van der Waals surface area contributed by atoms with Crippen molar-refractivity contribution in [1.82, 2.24) is 0 Å². The molecule has 1 atom stereocenters. The van der Waals surface area contributed by atoms with E-state index < -0.39 is 7.82 Å². The van der Waals surface area contributed by atoms with Crippen molar-refractivity contribution < 1.29 is 27.7 Å². The molecule has 0 saturated carbocycles. The van der Waals surface area contributed by atoms with Crippen LogP contribution < -0.4 is 9.63 Å². The van der Waals surface area contributed by atoms with Gasteiger partial charge in [-0.25, -0.2) is 0 Å². The predicted octanol–water partition coefficient (Wildman–Crippen LogP) is 7.37. The molecule has 1 unspecified atom stereocenters. The van der Waals surface area contributed by atoms with Crippen LogP contribution >= 0.6 is 7.82 Å². The summed E-state index contributed by atoms with van der Waals surface area (Å²) in [7, 11) is 1.71. The fraction of sp³-hybridized carbons (Fsp3) is 0.586. The van der Waals surface area contributed by atoms with Gasteiger partial charge in [-0.05, 0) is 74.1 Å². The van der Waals surface area contributed by atoms with Crippen LogP contribution in [0.1, 0.15) is 63.9 Å². The summed E-state index contributed by atoms with van der Waals surface area (Å²) in [5.74, 6) is 0.790. The van der Waals surface area contributed by atoms with Crippen molar-refractivity contribution in [2.24, 2.45) is 10.2 Å². The van der Waals surface area contributed by atoms with E-state index in [2.05, 4.69) is 29.3 Å². The van der Waals surface area contributed by atoms with Crippen molar-refractivity contribution in [3.63, 3.8) is 0 Å². The number of aryl methyl sites for hydroxylation is 1. The van der Waals surface area contributed by atoms with Crippen LogP contribution in [0, 0.1) is 0 Å². The van der Waals surface area contributed by atoms with Crippen molar-refractivity contribution in [3.8, 4) is 5.75 Å². The smallest absolute Gasteiger partial charge is 0.268 e. The largest absolute Gasteiger partial charge is 0.756 e. The highest BCUT2D eigenvalue weighted by atomic mass is 31.2. The van der Waals surface area contributed by atoms with Gasteiger partial charge in [-0.3, -0.25) is 4.57 Å². The van der Waals surface area contributed by atoms with Gasteiger partial charge < -0.3 is 23.2 Å². The molecular weight excluding hydrogens is 501 g/mol. The Morgan fingerprint density at radius 3 is 1.89 bits per heavy atom. The minimum atomic E-state index is -4.21. The Hall–Kier alpha value is -2.09. The van der Waals surface area contributed by atoms with Crippen LogP contribution in [0.4, 0.5) is 11.4 Å². The third kappa shape index (κ3) is 15.4. The van der Waals surface area contributed by atoms with Crippen LogP contribution in [0.3, 0.4) is 0 Å². The lowest BCUT2D eigenvalue weighted by Gasteiger charge is -2.27. The molecule has 0 radical (unpaired) electrons. The number of ether oxygens (including phenoxy) is 1. The number of hydrogen-bond donors (Lipinski definition) is 0. The fourth-order valence-corrected chi connectivity index (χ4v) is 4.33. The van der Waals surface area contributed by atoms with Crippen LogP contribution in [0.2, 0.25) is 0 Å². The van der Waals surface area contributed by atoms with Gasteiger partial charge in [0.05, 0.1) is 45.7 Å². The van der Waals surface area contributed by atoms with Crippen LogP contribution in [-0.2, 0) is 20.0 Å². The maximum absolute atomic E-state index is 11.8. The first-order chi connectivity index (χ1) is 18.2. The summed E-state index contributed by atoms with van der Waals surface area (Å²) in [6, 6.07) is 15.9. The first-order valence-electron chi connectivity index (χ1n) is 13.8. The van der Waals surface area contributed by atoms with Gasteiger partial charge in [-0.1, -0.05) is 44.7 Å². The molecule has 0 aliphatic rings.